The van der Waals surface area contributed by atoms with Crippen LogP contribution in [0.15, 0.2) is 77.7 Å². The van der Waals surface area contributed by atoms with E-state index in [1.54, 1.807) is 7.11 Å². The fourth-order valence-corrected chi connectivity index (χ4v) is 4.26. The van der Waals surface area contributed by atoms with Crippen molar-refractivity contribution in [2.24, 2.45) is 0 Å². The average molecular weight is 435 g/mol. The Kier molecular flexibility index (Phi) is 7.39. The molecular weight excluding hydrogens is 404 g/mol. The molecule has 1 heterocycles. The first-order valence-corrected chi connectivity index (χ1v) is 11.6. The standard InChI is InChI=1S/C26H30N2O2S/c1-21-3-13-26(14-4-21)31-30-25-11-7-23(8-12-25)28-19-17-27(18-20-28)16-15-22-5-9-24(29-2)10-6-22/h3-14H,15-20H2,1-2H3. The third-order valence-electron chi connectivity index (χ3n) is 5.71. The lowest BCUT2D eigenvalue weighted by Crippen LogP contribution is -2.46. The Morgan fingerprint density at radius 2 is 1.42 bits per heavy atom. The van der Waals surface area contributed by atoms with Crippen molar-refractivity contribution in [3.63, 3.8) is 0 Å². The van der Waals surface area contributed by atoms with Gasteiger partial charge in [-0.2, -0.15) is 0 Å². The highest BCUT2D eigenvalue weighted by Crippen LogP contribution is 2.26. The summed E-state index contributed by atoms with van der Waals surface area (Å²) >= 11 is 1.40. The van der Waals surface area contributed by atoms with Gasteiger partial charge in [0.15, 0.2) is 0 Å². The van der Waals surface area contributed by atoms with Crippen LogP contribution in [-0.2, 0) is 6.42 Å². The molecule has 0 saturated carbocycles. The summed E-state index contributed by atoms with van der Waals surface area (Å²) in [4.78, 5) is 6.12. The molecule has 1 aliphatic rings. The summed E-state index contributed by atoms with van der Waals surface area (Å²) in [6.07, 6.45) is 1.08. The zero-order valence-electron chi connectivity index (χ0n) is 18.3. The molecule has 5 heteroatoms. The molecule has 1 aliphatic heterocycles. The minimum atomic E-state index is 0.882. The zero-order valence-corrected chi connectivity index (χ0v) is 19.1. The van der Waals surface area contributed by atoms with E-state index in [1.165, 1.54) is 28.9 Å². The molecule has 0 radical (unpaired) electrons. The Morgan fingerprint density at radius 1 is 0.774 bits per heavy atom. The molecule has 0 aliphatic carbocycles. The Bertz CT molecular complexity index is 935. The number of hydrogen-bond acceptors (Lipinski definition) is 5. The van der Waals surface area contributed by atoms with Crippen molar-refractivity contribution in [2.45, 2.75) is 18.2 Å². The van der Waals surface area contributed by atoms with Gasteiger partial charge in [-0.05, 0) is 67.4 Å². The summed E-state index contributed by atoms with van der Waals surface area (Å²) in [5.74, 6) is 1.80. The lowest BCUT2D eigenvalue weighted by Gasteiger charge is -2.36. The summed E-state index contributed by atoms with van der Waals surface area (Å²) in [6.45, 7) is 7.50. The van der Waals surface area contributed by atoms with Gasteiger partial charge in [0.1, 0.15) is 11.5 Å². The maximum atomic E-state index is 5.86. The molecule has 1 fully saturated rings. The van der Waals surface area contributed by atoms with Crippen LogP contribution in [-0.4, -0.2) is 44.7 Å². The maximum absolute atomic E-state index is 5.86. The first-order chi connectivity index (χ1) is 15.2. The van der Waals surface area contributed by atoms with Crippen LogP contribution in [0, 0.1) is 6.92 Å². The summed E-state index contributed by atoms with van der Waals surface area (Å²) in [6, 6.07) is 25.2. The molecule has 4 nitrogen and oxygen atoms in total. The average Bonchev–Trinajstić information content (AvgIpc) is 2.83. The van der Waals surface area contributed by atoms with Crippen molar-refractivity contribution in [3.8, 4) is 11.5 Å². The molecule has 4 rings (SSSR count). The van der Waals surface area contributed by atoms with Crippen LogP contribution in [0.4, 0.5) is 5.69 Å². The smallest absolute Gasteiger partial charge is 0.138 e. The van der Waals surface area contributed by atoms with Crippen molar-refractivity contribution < 1.29 is 8.92 Å². The van der Waals surface area contributed by atoms with Gasteiger partial charge in [0.2, 0.25) is 0 Å². The number of methoxy groups -OCH3 is 1. The van der Waals surface area contributed by atoms with E-state index in [2.05, 4.69) is 77.4 Å². The van der Waals surface area contributed by atoms with E-state index in [0.29, 0.717) is 0 Å². The van der Waals surface area contributed by atoms with Crippen LogP contribution in [0.3, 0.4) is 0 Å². The number of aryl methyl sites for hydroxylation is 1. The first kappa shape index (κ1) is 21.6. The van der Waals surface area contributed by atoms with Gasteiger partial charge in [0.25, 0.3) is 0 Å². The van der Waals surface area contributed by atoms with Crippen molar-refractivity contribution in [2.75, 3.05) is 44.7 Å². The molecule has 31 heavy (non-hydrogen) atoms. The van der Waals surface area contributed by atoms with Crippen LogP contribution in [0.5, 0.6) is 11.5 Å². The summed E-state index contributed by atoms with van der Waals surface area (Å²) in [7, 11) is 1.71. The zero-order chi connectivity index (χ0) is 21.5. The number of nitrogens with zero attached hydrogens (tertiary/aromatic N) is 2. The number of rotatable bonds is 8. The molecule has 0 aromatic heterocycles. The molecule has 0 atom stereocenters. The Balaban J connectivity index is 1.21. The highest BCUT2D eigenvalue weighted by Gasteiger charge is 2.17. The second-order valence-corrected chi connectivity index (χ2v) is 8.71. The molecule has 0 bridgehead atoms. The van der Waals surface area contributed by atoms with E-state index >= 15 is 0 Å². The lowest BCUT2D eigenvalue weighted by molar-refractivity contribution is 0.261. The summed E-state index contributed by atoms with van der Waals surface area (Å²) < 4.78 is 11.1. The molecule has 3 aromatic carbocycles. The summed E-state index contributed by atoms with van der Waals surface area (Å²) in [5.41, 5.74) is 3.89. The van der Waals surface area contributed by atoms with Gasteiger partial charge in [-0.1, -0.05) is 29.8 Å². The monoisotopic (exact) mass is 434 g/mol. The Morgan fingerprint density at radius 3 is 2.06 bits per heavy atom. The van der Waals surface area contributed by atoms with Gasteiger partial charge in [0, 0.05) is 43.3 Å². The maximum Gasteiger partial charge on any atom is 0.138 e. The van der Waals surface area contributed by atoms with Crippen molar-refractivity contribution in [1.29, 1.82) is 0 Å². The van der Waals surface area contributed by atoms with Crippen molar-refractivity contribution in [3.05, 3.63) is 83.9 Å². The quantitative estimate of drug-likeness (QED) is 0.439. The second-order valence-electron chi connectivity index (χ2n) is 7.90. The van der Waals surface area contributed by atoms with Crippen molar-refractivity contribution in [1.82, 2.24) is 4.90 Å². The second kappa shape index (κ2) is 10.6. The third kappa shape index (κ3) is 6.18. The van der Waals surface area contributed by atoms with Gasteiger partial charge in [-0.15, -0.1) is 0 Å². The minimum Gasteiger partial charge on any atom is -0.497 e. The molecule has 0 amide bonds. The highest BCUT2D eigenvalue weighted by molar-refractivity contribution is 7.95. The topological polar surface area (TPSA) is 24.9 Å². The number of anilines is 1. The number of hydrogen-bond donors (Lipinski definition) is 0. The van der Waals surface area contributed by atoms with Crippen LogP contribution in [0.2, 0.25) is 0 Å². The Hall–Kier alpha value is -2.63. The van der Waals surface area contributed by atoms with Gasteiger partial charge in [0.05, 0.1) is 19.2 Å². The highest BCUT2D eigenvalue weighted by atomic mass is 32.2. The van der Waals surface area contributed by atoms with Crippen LogP contribution in [0.1, 0.15) is 11.1 Å². The van der Waals surface area contributed by atoms with Crippen molar-refractivity contribution >= 4 is 17.7 Å². The Labute approximate surface area is 190 Å². The van der Waals surface area contributed by atoms with Gasteiger partial charge in [-0.3, -0.25) is 4.90 Å². The van der Waals surface area contributed by atoms with Crippen LogP contribution >= 0.6 is 12.0 Å². The number of piperazine rings is 1. The molecule has 0 spiro atoms. The van der Waals surface area contributed by atoms with E-state index in [4.69, 9.17) is 8.92 Å². The minimum absolute atomic E-state index is 0.882. The van der Waals surface area contributed by atoms with Gasteiger partial charge < -0.3 is 13.8 Å². The van der Waals surface area contributed by atoms with Crippen LogP contribution < -0.4 is 13.8 Å². The number of ether oxygens (including phenoxy) is 1. The predicted molar refractivity (Wildman–Crippen MR) is 129 cm³/mol. The lowest BCUT2D eigenvalue weighted by atomic mass is 10.1. The molecule has 0 unspecified atom stereocenters. The summed E-state index contributed by atoms with van der Waals surface area (Å²) in [5, 5.41) is 0. The van der Waals surface area contributed by atoms with E-state index in [1.807, 2.05) is 12.1 Å². The fourth-order valence-electron chi connectivity index (χ4n) is 3.71. The van der Waals surface area contributed by atoms with Gasteiger partial charge in [-0.25, -0.2) is 0 Å². The van der Waals surface area contributed by atoms with Gasteiger partial charge >= 0.3 is 0 Å². The van der Waals surface area contributed by atoms with E-state index in [0.717, 1.165) is 55.5 Å². The first-order valence-electron chi connectivity index (χ1n) is 10.8. The van der Waals surface area contributed by atoms with Crippen LogP contribution in [0.25, 0.3) is 0 Å². The molecule has 3 aromatic rings. The number of benzene rings is 3. The largest absolute Gasteiger partial charge is 0.497 e. The van der Waals surface area contributed by atoms with E-state index in [9.17, 15) is 0 Å². The SMILES string of the molecule is COc1ccc(CCN2CCN(c3ccc(OSc4ccc(C)cc4)cc3)CC2)cc1. The third-order valence-corrected chi connectivity index (χ3v) is 6.45. The molecule has 1 saturated heterocycles. The molecule has 162 valence electrons. The molecular formula is C26H30N2O2S. The molecule has 0 N–H and O–H groups in total. The predicted octanol–water partition coefficient (Wildman–Crippen LogP) is 5.45. The fraction of sp³-hybridized carbons (Fsp3) is 0.308. The van der Waals surface area contributed by atoms with E-state index < -0.39 is 0 Å². The van der Waals surface area contributed by atoms with E-state index in [-0.39, 0.29) is 0 Å². The normalized spacial score (nSPS) is 14.5.